The molecule has 1 aromatic heterocycles. The maximum Gasteiger partial charge on any atom is 0.256 e. The second kappa shape index (κ2) is 2.86. The van der Waals surface area contributed by atoms with Gasteiger partial charge >= 0.3 is 0 Å². The van der Waals surface area contributed by atoms with Gasteiger partial charge in [-0.15, -0.1) is 0 Å². The molecule has 0 aromatic carbocycles. The fourth-order valence-electron chi connectivity index (χ4n) is 0.787. The third-order valence-corrected chi connectivity index (χ3v) is 1.36. The summed E-state index contributed by atoms with van der Waals surface area (Å²) in [6.07, 6.45) is -1.70. The van der Waals surface area contributed by atoms with Crippen molar-refractivity contribution in [1.29, 1.82) is 0 Å². The van der Waals surface area contributed by atoms with E-state index in [-0.39, 0.29) is 5.56 Å². The zero-order valence-corrected chi connectivity index (χ0v) is 6.03. The zero-order valence-electron chi connectivity index (χ0n) is 6.03. The highest BCUT2D eigenvalue weighted by molar-refractivity contribution is 5.14. The smallest absolute Gasteiger partial charge is 0.256 e. The lowest BCUT2D eigenvalue weighted by molar-refractivity contribution is -0.0435. The zero-order chi connectivity index (χ0) is 8.43. The van der Waals surface area contributed by atoms with Crippen LogP contribution < -0.4 is 5.56 Å². The van der Waals surface area contributed by atoms with Crippen molar-refractivity contribution in [2.75, 3.05) is 0 Å². The highest BCUT2D eigenvalue weighted by atomic mass is 16.5. The number of H-pyrrole nitrogens is 1. The summed E-state index contributed by atoms with van der Waals surface area (Å²) in [5, 5.41) is 17.3. The van der Waals surface area contributed by atoms with E-state index in [1.807, 2.05) is 0 Å². The Kier molecular flexibility index (Phi) is 2.07. The largest absolute Gasteiger partial charge is 0.364 e. The van der Waals surface area contributed by atoms with E-state index in [0.29, 0.717) is 5.69 Å². The minimum absolute atomic E-state index is 0.0319. The van der Waals surface area contributed by atoms with Gasteiger partial charge in [-0.05, 0) is 19.1 Å². The minimum atomic E-state index is -1.70. The van der Waals surface area contributed by atoms with Gasteiger partial charge in [0.25, 0.3) is 5.56 Å². The Hall–Kier alpha value is -1.13. The van der Waals surface area contributed by atoms with Crippen molar-refractivity contribution >= 4 is 0 Å². The molecule has 4 nitrogen and oxygen atoms in total. The highest BCUT2D eigenvalue weighted by Crippen LogP contribution is 2.02. The number of rotatable bonds is 1. The van der Waals surface area contributed by atoms with Crippen molar-refractivity contribution in [3.8, 4) is 0 Å². The van der Waals surface area contributed by atoms with Crippen LogP contribution in [0.25, 0.3) is 0 Å². The number of aromatic amines is 1. The van der Waals surface area contributed by atoms with E-state index >= 15 is 0 Å². The van der Waals surface area contributed by atoms with Crippen molar-refractivity contribution in [2.24, 2.45) is 0 Å². The molecule has 60 valence electrons. The van der Waals surface area contributed by atoms with E-state index in [1.165, 1.54) is 6.07 Å². The number of hydrogen-bond acceptors (Lipinski definition) is 3. The second-order valence-corrected chi connectivity index (χ2v) is 2.30. The molecule has 1 heterocycles. The van der Waals surface area contributed by atoms with Crippen LogP contribution in [-0.4, -0.2) is 15.2 Å². The van der Waals surface area contributed by atoms with Crippen molar-refractivity contribution in [3.63, 3.8) is 0 Å². The van der Waals surface area contributed by atoms with Crippen LogP contribution in [0.4, 0.5) is 0 Å². The molecule has 0 amide bonds. The Morgan fingerprint density at radius 1 is 1.45 bits per heavy atom. The molecule has 0 saturated carbocycles. The normalized spacial score (nSPS) is 10.5. The molecule has 4 heteroatoms. The van der Waals surface area contributed by atoms with Gasteiger partial charge in [0, 0.05) is 5.69 Å². The number of hydrogen-bond donors (Lipinski definition) is 3. The van der Waals surface area contributed by atoms with E-state index in [4.69, 9.17) is 10.2 Å². The lowest BCUT2D eigenvalue weighted by Gasteiger charge is -2.01. The Bertz CT molecular complexity index is 303. The molecule has 1 aromatic rings. The molecule has 0 aliphatic carbocycles. The first-order chi connectivity index (χ1) is 5.11. The first kappa shape index (κ1) is 7.97. The summed E-state index contributed by atoms with van der Waals surface area (Å²) in [5.74, 6) is 0. The van der Waals surface area contributed by atoms with Crippen LogP contribution in [0, 0.1) is 6.92 Å². The summed E-state index contributed by atoms with van der Waals surface area (Å²) in [4.78, 5) is 13.4. The Labute approximate surface area is 63.1 Å². The maximum absolute atomic E-state index is 10.9. The van der Waals surface area contributed by atoms with Crippen LogP contribution in [0.2, 0.25) is 0 Å². The summed E-state index contributed by atoms with van der Waals surface area (Å²) in [5.41, 5.74) is 0.204. The molecule has 0 unspecified atom stereocenters. The molecular formula is C7H9NO3. The highest BCUT2D eigenvalue weighted by Gasteiger charge is 2.06. The quantitative estimate of drug-likeness (QED) is 0.486. The molecule has 0 radical (unpaired) electrons. The molecule has 0 aliphatic rings. The van der Waals surface area contributed by atoms with Crippen LogP contribution in [-0.2, 0) is 0 Å². The van der Waals surface area contributed by atoms with Crippen LogP contribution in [0.3, 0.4) is 0 Å². The van der Waals surface area contributed by atoms with Gasteiger partial charge < -0.3 is 15.2 Å². The van der Waals surface area contributed by atoms with E-state index in [2.05, 4.69) is 4.98 Å². The van der Waals surface area contributed by atoms with Crippen molar-refractivity contribution < 1.29 is 10.2 Å². The van der Waals surface area contributed by atoms with E-state index in [9.17, 15) is 4.79 Å². The second-order valence-electron chi connectivity index (χ2n) is 2.30. The monoisotopic (exact) mass is 155 g/mol. The number of aliphatic hydroxyl groups is 2. The Morgan fingerprint density at radius 2 is 2.09 bits per heavy atom. The van der Waals surface area contributed by atoms with Gasteiger partial charge in [-0.1, -0.05) is 0 Å². The standard InChI is InChI=1S/C7H9NO3/c1-4-2-3-5(7(10)11)6(9)8-4/h2-3,7,10-11H,1H3,(H,8,9). The summed E-state index contributed by atoms with van der Waals surface area (Å²) in [7, 11) is 0. The SMILES string of the molecule is Cc1ccc(C(O)O)c(=O)[nH]1. The number of pyridine rings is 1. The molecule has 0 fully saturated rings. The summed E-state index contributed by atoms with van der Waals surface area (Å²) >= 11 is 0. The average molecular weight is 155 g/mol. The third-order valence-electron chi connectivity index (χ3n) is 1.36. The van der Waals surface area contributed by atoms with Crippen LogP contribution in [0.1, 0.15) is 17.5 Å². The Morgan fingerprint density at radius 3 is 2.55 bits per heavy atom. The van der Waals surface area contributed by atoms with Crippen LogP contribution >= 0.6 is 0 Å². The molecule has 0 atom stereocenters. The maximum atomic E-state index is 10.9. The van der Waals surface area contributed by atoms with E-state index < -0.39 is 11.8 Å². The first-order valence-corrected chi connectivity index (χ1v) is 3.17. The van der Waals surface area contributed by atoms with Gasteiger partial charge in [0.1, 0.15) is 0 Å². The predicted octanol–water partition coefficient (Wildman–Crippen LogP) is -0.333. The van der Waals surface area contributed by atoms with E-state index in [0.717, 1.165) is 0 Å². The molecule has 11 heavy (non-hydrogen) atoms. The lowest BCUT2D eigenvalue weighted by Crippen LogP contribution is -2.16. The predicted molar refractivity (Wildman–Crippen MR) is 39.0 cm³/mol. The molecule has 1 rings (SSSR count). The van der Waals surface area contributed by atoms with Gasteiger partial charge in [0.05, 0.1) is 5.56 Å². The van der Waals surface area contributed by atoms with Gasteiger partial charge in [-0.25, -0.2) is 0 Å². The molecule has 0 saturated heterocycles. The summed E-state index contributed by atoms with van der Waals surface area (Å²) in [6, 6.07) is 3.00. The molecule has 3 N–H and O–H groups in total. The molecule has 0 aliphatic heterocycles. The number of aromatic nitrogens is 1. The molecular weight excluding hydrogens is 146 g/mol. The van der Waals surface area contributed by atoms with Gasteiger partial charge in [-0.2, -0.15) is 0 Å². The fraction of sp³-hybridized carbons (Fsp3) is 0.286. The van der Waals surface area contributed by atoms with Crippen molar-refractivity contribution in [2.45, 2.75) is 13.2 Å². The van der Waals surface area contributed by atoms with E-state index in [1.54, 1.807) is 13.0 Å². The van der Waals surface area contributed by atoms with Crippen LogP contribution in [0.5, 0.6) is 0 Å². The molecule has 0 bridgehead atoms. The molecule has 0 spiro atoms. The van der Waals surface area contributed by atoms with Crippen molar-refractivity contribution in [3.05, 3.63) is 33.7 Å². The average Bonchev–Trinajstić information content (AvgIpc) is 1.85. The first-order valence-electron chi connectivity index (χ1n) is 3.17. The summed E-state index contributed by atoms with van der Waals surface area (Å²) < 4.78 is 0. The van der Waals surface area contributed by atoms with Crippen molar-refractivity contribution in [1.82, 2.24) is 4.98 Å². The number of nitrogens with one attached hydrogen (secondary N) is 1. The Balaban J connectivity index is 3.21. The number of aliphatic hydroxyl groups excluding tert-OH is 1. The summed E-state index contributed by atoms with van der Waals surface area (Å²) in [6.45, 7) is 1.72. The lowest BCUT2D eigenvalue weighted by atomic mass is 10.2. The topological polar surface area (TPSA) is 73.3 Å². The third kappa shape index (κ3) is 1.66. The van der Waals surface area contributed by atoms with Gasteiger partial charge in [0.2, 0.25) is 0 Å². The van der Waals surface area contributed by atoms with Gasteiger partial charge in [-0.3, -0.25) is 4.79 Å². The van der Waals surface area contributed by atoms with Gasteiger partial charge in [0.15, 0.2) is 6.29 Å². The van der Waals surface area contributed by atoms with Crippen LogP contribution in [0.15, 0.2) is 16.9 Å². The minimum Gasteiger partial charge on any atom is -0.364 e. The fourth-order valence-corrected chi connectivity index (χ4v) is 0.787. The number of aryl methyl sites for hydroxylation is 1.